The molecule has 3 aromatic carbocycles. The Morgan fingerprint density at radius 1 is 0.659 bits per heavy atom. The van der Waals surface area contributed by atoms with E-state index < -0.39 is 60.4 Å². The normalized spacial score (nSPS) is 21.2. The molecule has 1 aliphatic rings. The summed E-state index contributed by atoms with van der Waals surface area (Å²) in [7, 11) is 0. The van der Waals surface area contributed by atoms with Crippen molar-refractivity contribution in [2.45, 2.75) is 62.8 Å². The Morgan fingerprint density at radius 3 is 1.55 bits per heavy atom. The number of allylic oxidation sites excluding steroid dienone is 2. The number of hydrogen-bond donors (Lipinski definition) is 0. The van der Waals surface area contributed by atoms with Gasteiger partial charge in [-0.1, -0.05) is 91.0 Å². The van der Waals surface area contributed by atoms with Crippen molar-refractivity contribution in [2.24, 2.45) is 0 Å². The lowest BCUT2D eigenvalue weighted by molar-refractivity contribution is -0.271. The predicted molar refractivity (Wildman–Crippen MR) is 145 cm³/mol. The Labute approximate surface area is 249 Å². The molecule has 0 unspecified atom stereocenters. The summed E-state index contributed by atoms with van der Waals surface area (Å²) >= 11 is 0. The van der Waals surface area contributed by atoms with Crippen LogP contribution in [0, 0.1) is 0 Å². The summed E-state index contributed by atoms with van der Waals surface area (Å²) in [4.78, 5) is 12.5. The van der Waals surface area contributed by atoms with Crippen molar-refractivity contribution in [1.82, 2.24) is 0 Å². The molecule has 0 aromatic heterocycles. The number of alkyl halides is 5. The predicted octanol–water partition coefficient (Wildman–Crippen LogP) is 7.45. The molecule has 0 saturated carbocycles. The van der Waals surface area contributed by atoms with Crippen LogP contribution >= 0.6 is 0 Å². The molecule has 0 bridgehead atoms. The Hall–Kier alpha value is -3.58. The topological polar surface area (TPSA) is 54.0 Å². The average Bonchev–Trinajstić information content (AvgIpc) is 3.34. The van der Waals surface area contributed by atoms with Crippen molar-refractivity contribution in [3.8, 4) is 0 Å². The molecule has 0 spiro atoms. The van der Waals surface area contributed by atoms with Gasteiger partial charge in [0.15, 0.2) is 5.78 Å². The molecular formula is C32H29F7O5. The first-order valence-electron chi connectivity index (χ1n) is 13.6. The molecular weight excluding hydrogens is 597 g/mol. The van der Waals surface area contributed by atoms with Crippen LogP contribution in [0.4, 0.5) is 30.7 Å². The van der Waals surface area contributed by atoms with Crippen molar-refractivity contribution in [3.05, 3.63) is 119 Å². The molecule has 1 fully saturated rings. The number of ether oxygens (including phenoxy) is 4. The minimum Gasteiger partial charge on any atom is -0.374 e. The molecule has 5 nitrogen and oxygen atoms in total. The number of hydrogen-bond acceptors (Lipinski definition) is 5. The van der Waals surface area contributed by atoms with E-state index in [1.165, 1.54) is 0 Å². The van der Waals surface area contributed by atoms with Gasteiger partial charge in [0.25, 0.3) is 0 Å². The fourth-order valence-electron chi connectivity index (χ4n) is 4.56. The molecule has 4 rings (SSSR count). The molecule has 0 aliphatic carbocycles. The SMILES string of the molecule is O=C(C[C@H]1O[C@H](COCc2ccccc2)[C@@H](OCc2ccccc2)[C@H]1OCc1ccccc1)/C(F)=C(\F)C(F)(F)C(F)(F)F. The molecule has 0 radical (unpaired) electrons. The third-order valence-corrected chi connectivity index (χ3v) is 6.83. The Bertz CT molecular complexity index is 1370. The van der Waals surface area contributed by atoms with Crippen LogP contribution in [0.1, 0.15) is 23.1 Å². The lowest BCUT2D eigenvalue weighted by Gasteiger charge is -2.25. The largest absolute Gasteiger partial charge is 0.460 e. The van der Waals surface area contributed by atoms with Crippen LogP contribution in [0.25, 0.3) is 0 Å². The second-order valence-corrected chi connectivity index (χ2v) is 10.1. The van der Waals surface area contributed by atoms with Gasteiger partial charge in [-0.2, -0.15) is 26.3 Å². The van der Waals surface area contributed by atoms with Gasteiger partial charge >= 0.3 is 12.1 Å². The first kappa shape index (κ1) is 33.3. The molecule has 1 saturated heterocycles. The van der Waals surface area contributed by atoms with Gasteiger partial charge in [0.1, 0.15) is 18.3 Å². The number of halogens is 7. The lowest BCUT2D eigenvalue weighted by atomic mass is 10.0. The minimum absolute atomic E-state index is 0.0405. The third kappa shape index (κ3) is 8.53. The van der Waals surface area contributed by atoms with Gasteiger partial charge in [0, 0.05) is 6.42 Å². The quantitative estimate of drug-likeness (QED) is 0.138. The van der Waals surface area contributed by atoms with E-state index in [0.29, 0.717) is 5.56 Å². The minimum atomic E-state index is -6.45. The summed E-state index contributed by atoms with van der Waals surface area (Å²) in [6.45, 7) is 0.0706. The molecule has 44 heavy (non-hydrogen) atoms. The highest BCUT2D eigenvalue weighted by atomic mass is 19.4. The molecule has 4 atom stereocenters. The van der Waals surface area contributed by atoms with Gasteiger partial charge in [-0.05, 0) is 16.7 Å². The van der Waals surface area contributed by atoms with Gasteiger partial charge in [-0.15, -0.1) is 0 Å². The van der Waals surface area contributed by atoms with Crippen molar-refractivity contribution in [3.63, 3.8) is 0 Å². The van der Waals surface area contributed by atoms with E-state index in [0.717, 1.165) is 11.1 Å². The number of carbonyl (C=O) groups is 1. The van der Waals surface area contributed by atoms with Gasteiger partial charge in [0.05, 0.1) is 32.5 Å². The summed E-state index contributed by atoms with van der Waals surface area (Å²) in [6.07, 6.45) is -12.0. The van der Waals surface area contributed by atoms with E-state index in [9.17, 15) is 35.5 Å². The molecule has 0 amide bonds. The van der Waals surface area contributed by atoms with Crippen LogP contribution in [0.3, 0.4) is 0 Å². The lowest BCUT2D eigenvalue weighted by Crippen LogP contribution is -2.40. The summed E-state index contributed by atoms with van der Waals surface area (Å²) in [5.41, 5.74) is 2.30. The molecule has 3 aromatic rings. The molecule has 12 heteroatoms. The van der Waals surface area contributed by atoms with Gasteiger partial charge in [-0.3, -0.25) is 4.79 Å². The van der Waals surface area contributed by atoms with Crippen LogP contribution in [-0.4, -0.2) is 48.9 Å². The molecule has 0 N–H and O–H groups in total. The third-order valence-electron chi connectivity index (χ3n) is 6.83. The first-order chi connectivity index (χ1) is 21.0. The maximum absolute atomic E-state index is 14.4. The van der Waals surface area contributed by atoms with E-state index in [2.05, 4.69) is 0 Å². The number of ketones is 1. The summed E-state index contributed by atoms with van der Waals surface area (Å²) in [5, 5.41) is 0. The maximum Gasteiger partial charge on any atom is 0.460 e. The van der Waals surface area contributed by atoms with Gasteiger partial charge in [0.2, 0.25) is 11.7 Å². The highest BCUT2D eigenvalue weighted by molar-refractivity contribution is 5.94. The average molecular weight is 627 g/mol. The number of benzene rings is 3. The highest BCUT2D eigenvalue weighted by Gasteiger charge is 2.63. The van der Waals surface area contributed by atoms with Crippen LogP contribution in [0.5, 0.6) is 0 Å². The second-order valence-electron chi connectivity index (χ2n) is 10.1. The summed E-state index contributed by atoms with van der Waals surface area (Å²) in [5.74, 6) is -14.5. The van der Waals surface area contributed by atoms with E-state index in [-0.39, 0.29) is 26.4 Å². The zero-order chi connectivity index (χ0) is 31.7. The number of Topliss-reactive ketones (excluding diaryl/α,β-unsaturated/α-hetero) is 1. The van der Waals surface area contributed by atoms with Gasteiger partial charge < -0.3 is 18.9 Å². The van der Waals surface area contributed by atoms with Crippen molar-refractivity contribution < 1.29 is 54.5 Å². The molecule has 236 valence electrons. The van der Waals surface area contributed by atoms with E-state index >= 15 is 0 Å². The van der Waals surface area contributed by atoms with E-state index in [1.807, 2.05) is 30.3 Å². The van der Waals surface area contributed by atoms with Crippen LogP contribution in [0.2, 0.25) is 0 Å². The Kier molecular flexibility index (Phi) is 11.3. The van der Waals surface area contributed by atoms with Crippen molar-refractivity contribution in [1.29, 1.82) is 0 Å². The molecule has 1 aliphatic heterocycles. The fourth-order valence-corrected chi connectivity index (χ4v) is 4.56. The highest BCUT2D eigenvalue weighted by Crippen LogP contribution is 2.43. The maximum atomic E-state index is 14.4. The van der Waals surface area contributed by atoms with Gasteiger partial charge in [-0.25, -0.2) is 4.39 Å². The zero-order valence-corrected chi connectivity index (χ0v) is 23.2. The number of carbonyl (C=O) groups excluding carboxylic acids is 1. The summed E-state index contributed by atoms with van der Waals surface area (Å²) in [6, 6.07) is 26.8. The standard InChI is InChI=1S/C32H29F7O5/c33-27(30(34)31(35,36)32(37,38)39)24(40)16-25-28(42-18-22-12-6-2-7-13-22)29(43-19-23-14-8-3-9-15-23)26(44-25)20-41-17-21-10-4-1-5-11-21/h1-15,25-26,28-29H,16-20H2/b30-27+/t25-,26-,28+,29-/m1/s1. The van der Waals surface area contributed by atoms with E-state index in [4.69, 9.17) is 18.9 Å². The van der Waals surface area contributed by atoms with E-state index in [1.54, 1.807) is 60.7 Å². The van der Waals surface area contributed by atoms with Crippen LogP contribution in [0.15, 0.2) is 103 Å². The van der Waals surface area contributed by atoms with Crippen molar-refractivity contribution >= 4 is 5.78 Å². The smallest absolute Gasteiger partial charge is 0.374 e. The molecule has 1 heterocycles. The van der Waals surface area contributed by atoms with Crippen molar-refractivity contribution in [2.75, 3.05) is 6.61 Å². The second kappa shape index (κ2) is 14.9. The van der Waals surface area contributed by atoms with Crippen LogP contribution in [-0.2, 0) is 43.6 Å². The Morgan fingerprint density at radius 2 is 1.09 bits per heavy atom. The fraction of sp³-hybridized carbons (Fsp3) is 0.344. The van der Waals surface area contributed by atoms with Crippen LogP contribution < -0.4 is 0 Å². The summed E-state index contributed by atoms with van der Waals surface area (Å²) < 4.78 is 117. The Balaban J connectivity index is 1.58. The monoisotopic (exact) mass is 626 g/mol. The first-order valence-corrected chi connectivity index (χ1v) is 13.6. The number of rotatable bonds is 14. The zero-order valence-electron chi connectivity index (χ0n) is 23.2.